The molecule has 0 aromatic heterocycles. The Bertz CT molecular complexity index is 538. The molecule has 0 heterocycles. The minimum Gasteiger partial charge on any atom is -0.490 e. The van der Waals surface area contributed by atoms with Crippen LogP contribution in [-0.4, -0.2) is 6.61 Å². The van der Waals surface area contributed by atoms with Crippen LogP contribution in [0.1, 0.15) is 12.5 Å². The van der Waals surface area contributed by atoms with Crippen LogP contribution in [0.2, 0.25) is 0 Å². The van der Waals surface area contributed by atoms with Gasteiger partial charge >= 0.3 is 0 Å². The molecule has 0 fully saturated rings. The van der Waals surface area contributed by atoms with E-state index in [1.54, 1.807) is 0 Å². The van der Waals surface area contributed by atoms with Crippen molar-refractivity contribution < 1.29 is 9.47 Å². The van der Waals surface area contributed by atoms with Gasteiger partial charge in [0, 0.05) is 0 Å². The fourth-order valence-electron chi connectivity index (χ4n) is 1.69. The molecule has 0 radical (unpaired) electrons. The molecular formula is C15H17NO2. The minimum atomic E-state index is 0.601. The fraction of sp³-hybridized carbons (Fsp3) is 0.200. The summed E-state index contributed by atoms with van der Waals surface area (Å²) in [6.45, 7) is 4.54. The summed E-state index contributed by atoms with van der Waals surface area (Å²) in [6, 6.07) is 13.3. The lowest BCUT2D eigenvalue weighted by Crippen LogP contribution is -1.96. The molecule has 0 saturated carbocycles. The van der Waals surface area contributed by atoms with Crippen LogP contribution in [0.4, 0.5) is 5.69 Å². The van der Waals surface area contributed by atoms with E-state index in [2.05, 4.69) is 0 Å². The zero-order valence-corrected chi connectivity index (χ0v) is 10.6. The summed E-state index contributed by atoms with van der Waals surface area (Å²) in [7, 11) is 0. The quantitative estimate of drug-likeness (QED) is 0.831. The number of nitrogens with two attached hydrogens (primary N) is 1. The van der Waals surface area contributed by atoms with Gasteiger partial charge in [-0.1, -0.05) is 18.2 Å². The smallest absolute Gasteiger partial charge is 0.169 e. The van der Waals surface area contributed by atoms with Gasteiger partial charge in [-0.3, -0.25) is 0 Å². The maximum atomic E-state index is 5.93. The monoisotopic (exact) mass is 243 g/mol. The lowest BCUT2D eigenvalue weighted by molar-refractivity contribution is 0.321. The molecule has 0 saturated heterocycles. The summed E-state index contributed by atoms with van der Waals surface area (Å²) in [4.78, 5) is 0. The predicted octanol–water partition coefficient (Wildman–Crippen LogP) is 3.77. The van der Waals surface area contributed by atoms with Gasteiger partial charge in [0.15, 0.2) is 17.2 Å². The van der Waals surface area contributed by atoms with E-state index in [0.717, 1.165) is 11.3 Å². The molecular weight excluding hydrogens is 226 g/mol. The molecule has 0 bridgehead atoms. The third-order valence-corrected chi connectivity index (χ3v) is 2.53. The molecule has 3 nitrogen and oxygen atoms in total. The summed E-state index contributed by atoms with van der Waals surface area (Å²) in [6.07, 6.45) is 0. The number of rotatable bonds is 4. The number of anilines is 1. The number of para-hydroxylation sites is 2. The molecule has 0 spiro atoms. The molecule has 18 heavy (non-hydrogen) atoms. The Morgan fingerprint density at radius 3 is 2.39 bits per heavy atom. The lowest BCUT2D eigenvalue weighted by Gasteiger charge is -2.12. The van der Waals surface area contributed by atoms with Gasteiger partial charge in [0.1, 0.15) is 0 Å². The lowest BCUT2D eigenvalue weighted by atomic mass is 10.2. The summed E-state index contributed by atoms with van der Waals surface area (Å²) in [5, 5.41) is 0. The largest absolute Gasteiger partial charge is 0.490 e. The molecule has 2 rings (SSSR count). The van der Waals surface area contributed by atoms with Crippen molar-refractivity contribution in [2.24, 2.45) is 0 Å². The average Bonchev–Trinajstić information content (AvgIpc) is 2.35. The molecule has 0 aliphatic heterocycles. The van der Waals surface area contributed by atoms with E-state index in [1.165, 1.54) is 0 Å². The molecule has 94 valence electrons. The molecule has 0 unspecified atom stereocenters. The Balaban J connectivity index is 2.28. The van der Waals surface area contributed by atoms with E-state index in [0.29, 0.717) is 23.8 Å². The highest BCUT2D eigenvalue weighted by Gasteiger charge is 2.07. The molecule has 2 aromatic carbocycles. The van der Waals surface area contributed by atoms with Crippen LogP contribution in [-0.2, 0) is 0 Å². The van der Waals surface area contributed by atoms with Gasteiger partial charge in [-0.25, -0.2) is 0 Å². The average molecular weight is 243 g/mol. The zero-order chi connectivity index (χ0) is 13.0. The van der Waals surface area contributed by atoms with Gasteiger partial charge in [-0.15, -0.1) is 0 Å². The molecule has 0 aliphatic rings. The normalized spacial score (nSPS) is 10.1. The summed E-state index contributed by atoms with van der Waals surface area (Å²) in [5.74, 6) is 2.04. The number of nitrogen functional groups attached to an aromatic ring is 1. The van der Waals surface area contributed by atoms with Crippen LogP contribution in [0.15, 0.2) is 42.5 Å². The third-order valence-electron chi connectivity index (χ3n) is 2.53. The first kappa shape index (κ1) is 12.3. The topological polar surface area (TPSA) is 44.5 Å². The second kappa shape index (κ2) is 5.45. The van der Waals surface area contributed by atoms with Gasteiger partial charge in [0.05, 0.1) is 12.3 Å². The van der Waals surface area contributed by atoms with Crippen molar-refractivity contribution in [3.05, 3.63) is 48.0 Å². The first-order chi connectivity index (χ1) is 8.70. The summed E-state index contributed by atoms with van der Waals surface area (Å²) < 4.78 is 11.3. The van der Waals surface area contributed by atoms with Crippen molar-refractivity contribution in [3.8, 4) is 17.2 Å². The third kappa shape index (κ3) is 2.74. The first-order valence-corrected chi connectivity index (χ1v) is 5.96. The maximum absolute atomic E-state index is 5.93. The van der Waals surface area contributed by atoms with Crippen molar-refractivity contribution in [1.82, 2.24) is 0 Å². The highest BCUT2D eigenvalue weighted by atomic mass is 16.5. The SMILES string of the molecule is CCOc1ccccc1Oc1ccc(C)cc1N. The number of hydrogen-bond acceptors (Lipinski definition) is 3. The van der Waals surface area contributed by atoms with Crippen LogP contribution >= 0.6 is 0 Å². The Morgan fingerprint density at radius 2 is 1.72 bits per heavy atom. The number of ether oxygens (including phenoxy) is 2. The van der Waals surface area contributed by atoms with Crippen LogP contribution in [0.5, 0.6) is 17.2 Å². The van der Waals surface area contributed by atoms with Gasteiger partial charge in [-0.05, 0) is 43.7 Å². The van der Waals surface area contributed by atoms with E-state index >= 15 is 0 Å². The van der Waals surface area contributed by atoms with Crippen LogP contribution in [0.3, 0.4) is 0 Å². The second-order valence-corrected chi connectivity index (χ2v) is 4.02. The maximum Gasteiger partial charge on any atom is 0.169 e. The van der Waals surface area contributed by atoms with Crippen molar-refractivity contribution >= 4 is 5.69 Å². The Labute approximate surface area is 107 Å². The van der Waals surface area contributed by atoms with Crippen LogP contribution in [0.25, 0.3) is 0 Å². The molecule has 0 aliphatic carbocycles. The predicted molar refractivity (Wildman–Crippen MR) is 73.3 cm³/mol. The van der Waals surface area contributed by atoms with Gasteiger partial charge < -0.3 is 15.2 Å². The Hall–Kier alpha value is -2.16. The molecule has 0 atom stereocenters. The van der Waals surface area contributed by atoms with Gasteiger partial charge in [0.2, 0.25) is 0 Å². The molecule has 3 heteroatoms. The van der Waals surface area contributed by atoms with Crippen molar-refractivity contribution in [3.63, 3.8) is 0 Å². The summed E-state index contributed by atoms with van der Waals surface area (Å²) in [5.41, 5.74) is 7.66. The minimum absolute atomic E-state index is 0.601. The van der Waals surface area contributed by atoms with E-state index in [9.17, 15) is 0 Å². The van der Waals surface area contributed by atoms with E-state index in [1.807, 2.05) is 56.3 Å². The van der Waals surface area contributed by atoms with Crippen molar-refractivity contribution in [2.75, 3.05) is 12.3 Å². The molecule has 2 N–H and O–H groups in total. The first-order valence-electron chi connectivity index (χ1n) is 5.96. The number of benzene rings is 2. The zero-order valence-electron chi connectivity index (χ0n) is 10.6. The second-order valence-electron chi connectivity index (χ2n) is 4.02. The van der Waals surface area contributed by atoms with E-state index < -0.39 is 0 Å². The Kier molecular flexibility index (Phi) is 3.72. The van der Waals surface area contributed by atoms with Gasteiger partial charge in [0.25, 0.3) is 0 Å². The Morgan fingerprint density at radius 1 is 1.00 bits per heavy atom. The van der Waals surface area contributed by atoms with Crippen molar-refractivity contribution in [2.45, 2.75) is 13.8 Å². The summed E-state index contributed by atoms with van der Waals surface area (Å²) >= 11 is 0. The standard InChI is InChI=1S/C15H17NO2/c1-3-17-14-6-4-5-7-15(14)18-13-9-8-11(2)10-12(13)16/h4-10H,3,16H2,1-2H3. The highest BCUT2D eigenvalue weighted by molar-refractivity contribution is 5.56. The molecule has 2 aromatic rings. The number of hydrogen-bond donors (Lipinski definition) is 1. The number of aryl methyl sites for hydroxylation is 1. The van der Waals surface area contributed by atoms with Gasteiger partial charge in [-0.2, -0.15) is 0 Å². The van der Waals surface area contributed by atoms with E-state index in [4.69, 9.17) is 15.2 Å². The highest BCUT2D eigenvalue weighted by Crippen LogP contribution is 2.34. The fourth-order valence-corrected chi connectivity index (χ4v) is 1.69. The van der Waals surface area contributed by atoms with Crippen LogP contribution in [0, 0.1) is 6.92 Å². The van der Waals surface area contributed by atoms with E-state index in [-0.39, 0.29) is 0 Å². The van der Waals surface area contributed by atoms with Crippen molar-refractivity contribution in [1.29, 1.82) is 0 Å². The van der Waals surface area contributed by atoms with Crippen LogP contribution < -0.4 is 15.2 Å². The molecule has 0 amide bonds.